The first-order valence-corrected chi connectivity index (χ1v) is 5.41. The number of halogens is 3. The molecule has 0 unspecified atom stereocenters. The van der Waals surface area contributed by atoms with Gasteiger partial charge in [0, 0.05) is 12.6 Å². The van der Waals surface area contributed by atoms with Gasteiger partial charge in [-0.3, -0.25) is 0 Å². The van der Waals surface area contributed by atoms with Crippen molar-refractivity contribution in [1.82, 2.24) is 9.97 Å². The molecule has 0 radical (unpaired) electrons. The number of aliphatic hydroxyl groups is 1. The van der Waals surface area contributed by atoms with Gasteiger partial charge in [0.15, 0.2) is 0 Å². The first kappa shape index (κ1) is 14.5. The van der Waals surface area contributed by atoms with Crippen molar-refractivity contribution in [3.8, 4) is 5.88 Å². The SMILES string of the molecule is CCCNc1cc(OCCO)nc(C(F)(F)F)n1. The quantitative estimate of drug-likeness (QED) is 0.819. The van der Waals surface area contributed by atoms with Crippen molar-refractivity contribution in [3.05, 3.63) is 11.9 Å². The lowest BCUT2D eigenvalue weighted by atomic mass is 10.4. The summed E-state index contributed by atoms with van der Waals surface area (Å²) >= 11 is 0. The molecule has 102 valence electrons. The highest BCUT2D eigenvalue weighted by atomic mass is 19.4. The second kappa shape index (κ2) is 6.39. The standard InChI is InChI=1S/C10H14F3N3O2/c1-2-3-14-7-6-8(18-5-4-17)16-9(15-7)10(11,12)13/h6,17H,2-5H2,1H3,(H,14,15,16). The largest absolute Gasteiger partial charge is 0.475 e. The molecule has 0 spiro atoms. The summed E-state index contributed by atoms with van der Waals surface area (Å²) in [7, 11) is 0. The van der Waals surface area contributed by atoms with Gasteiger partial charge in [0.1, 0.15) is 12.4 Å². The molecule has 1 heterocycles. The molecule has 0 aliphatic heterocycles. The molecule has 18 heavy (non-hydrogen) atoms. The van der Waals surface area contributed by atoms with E-state index in [1.165, 1.54) is 6.07 Å². The van der Waals surface area contributed by atoms with Crippen LogP contribution in [0.5, 0.6) is 5.88 Å². The van der Waals surface area contributed by atoms with Crippen LogP contribution >= 0.6 is 0 Å². The van der Waals surface area contributed by atoms with Gasteiger partial charge < -0.3 is 15.2 Å². The first-order chi connectivity index (χ1) is 8.47. The third-order valence-electron chi connectivity index (χ3n) is 1.85. The Bertz CT molecular complexity index is 359. The Morgan fingerprint density at radius 1 is 1.39 bits per heavy atom. The Hall–Kier alpha value is -1.57. The molecule has 2 N–H and O–H groups in total. The molecule has 0 bridgehead atoms. The molecule has 1 aromatic rings. The monoisotopic (exact) mass is 265 g/mol. The lowest BCUT2D eigenvalue weighted by molar-refractivity contribution is -0.145. The van der Waals surface area contributed by atoms with Crippen molar-refractivity contribution in [1.29, 1.82) is 0 Å². The fourth-order valence-corrected chi connectivity index (χ4v) is 1.12. The minimum atomic E-state index is -4.64. The molecule has 0 saturated heterocycles. The Kier molecular flexibility index (Phi) is 5.14. The van der Waals surface area contributed by atoms with Gasteiger partial charge in [-0.1, -0.05) is 6.92 Å². The van der Waals surface area contributed by atoms with E-state index in [-0.39, 0.29) is 24.9 Å². The number of aliphatic hydroxyl groups excluding tert-OH is 1. The highest BCUT2D eigenvalue weighted by molar-refractivity contribution is 5.38. The van der Waals surface area contributed by atoms with Crippen LogP contribution in [0.15, 0.2) is 6.07 Å². The van der Waals surface area contributed by atoms with E-state index in [1.54, 1.807) is 0 Å². The Labute approximate surface area is 102 Å². The summed E-state index contributed by atoms with van der Waals surface area (Å²) < 4.78 is 42.5. The van der Waals surface area contributed by atoms with Crippen LogP contribution < -0.4 is 10.1 Å². The van der Waals surface area contributed by atoms with Crippen LogP contribution in [0.2, 0.25) is 0 Å². The zero-order chi connectivity index (χ0) is 13.6. The Balaban J connectivity index is 2.96. The summed E-state index contributed by atoms with van der Waals surface area (Å²) in [5.41, 5.74) is 0. The van der Waals surface area contributed by atoms with Crippen LogP contribution in [-0.2, 0) is 6.18 Å². The molecule has 0 aromatic carbocycles. The minimum Gasteiger partial charge on any atom is -0.475 e. The van der Waals surface area contributed by atoms with Gasteiger partial charge in [0.25, 0.3) is 0 Å². The molecule has 0 aliphatic carbocycles. The van der Waals surface area contributed by atoms with Gasteiger partial charge in [-0.2, -0.15) is 18.2 Å². The fourth-order valence-electron chi connectivity index (χ4n) is 1.12. The third-order valence-corrected chi connectivity index (χ3v) is 1.85. The van der Waals surface area contributed by atoms with E-state index in [9.17, 15) is 13.2 Å². The minimum absolute atomic E-state index is 0.0483. The Morgan fingerprint density at radius 2 is 2.11 bits per heavy atom. The number of alkyl halides is 3. The number of rotatable bonds is 6. The normalized spacial score (nSPS) is 11.4. The van der Waals surface area contributed by atoms with Crippen molar-refractivity contribution in [3.63, 3.8) is 0 Å². The van der Waals surface area contributed by atoms with Crippen LogP contribution in [0.3, 0.4) is 0 Å². The van der Waals surface area contributed by atoms with Crippen LogP contribution in [0.4, 0.5) is 19.0 Å². The summed E-state index contributed by atoms with van der Waals surface area (Å²) in [6, 6.07) is 1.26. The van der Waals surface area contributed by atoms with Crippen molar-refractivity contribution in [2.45, 2.75) is 19.5 Å². The maximum absolute atomic E-state index is 12.5. The molecular formula is C10H14F3N3O2. The second-order valence-corrected chi connectivity index (χ2v) is 3.41. The first-order valence-electron chi connectivity index (χ1n) is 5.41. The molecule has 0 amide bonds. The van der Waals surface area contributed by atoms with Crippen LogP contribution in [0, 0.1) is 0 Å². The highest BCUT2D eigenvalue weighted by Crippen LogP contribution is 2.28. The fraction of sp³-hybridized carbons (Fsp3) is 0.600. The smallest absolute Gasteiger partial charge is 0.451 e. The molecule has 8 heteroatoms. The van der Waals surface area contributed by atoms with Crippen LogP contribution in [0.25, 0.3) is 0 Å². The third kappa shape index (κ3) is 4.36. The van der Waals surface area contributed by atoms with E-state index in [0.717, 1.165) is 6.42 Å². The summed E-state index contributed by atoms with van der Waals surface area (Å²) in [5.74, 6) is -1.44. The topological polar surface area (TPSA) is 67.3 Å². The molecule has 0 aliphatic rings. The van der Waals surface area contributed by atoms with Gasteiger partial charge in [-0.15, -0.1) is 0 Å². The summed E-state index contributed by atoms with van der Waals surface area (Å²) in [6.45, 7) is 1.94. The van der Waals surface area contributed by atoms with E-state index >= 15 is 0 Å². The molecule has 0 saturated carbocycles. The van der Waals surface area contributed by atoms with E-state index < -0.39 is 12.0 Å². The molecule has 0 atom stereocenters. The van der Waals surface area contributed by atoms with E-state index in [2.05, 4.69) is 15.3 Å². The van der Waals surface area contributed by atoms with Gasteiger partial charge in [0.2, 0.25) is 11.7 Å². The van der Waals surface area contributed by atoms with Gasteiger partial charge in [-0.05, 0) is 6.42 Å². The van der Waals surface area contributed by atoms with Crippen molar-refractivity contribution < 1.29 is 23.0 Å². The van der Waals surface area contributed by atoms with Gasteiger partial charge in [0.05, 0.1) is 6.61 Å². The van der Waals surface area contributed by atoms with Crippen molar-refractivity contribution in [2.75, 3.05) is 25.1 Å². The predicted octanol–water partition coefficient (Wildman–Crippen LogP) is 1.69. The summed E-state index contributed by atoms with van der Waals surface area (Å²) in [6.07, 6.45) is -3.89. The second-order valence-electron chi connectivity index (χ2n) is 3.41. The number of aromatic nitrogens is 2. The number of hydrogen-bond acceptors (Lipinski definition) is 5. The van der Waals surface area contributed by atoms with Crippen molar-refractivity contribution >= 4 is 5.82 Å². The maximum Gasteiger partial charge on any atom is 0.451 e. The predicted molar refractivity (Wildman–Crippen MR) is 58.4 cm³/mol. The van der Waals surface area contributed by atoms with Crippen LogP contribution in [-0.4, -0.2) is 34.8 Å². The average molecular weight is 265 g/mol. The van der Waals surface area contributed by atoms with E-state index in [4.69, 9.17) is 9.84 Å². The lowest BCUT2D eigenvalue weighted by Crippen LogP contribution is -2.15. The van der Waals surface area contributed by atoms with Gasteiger partial charge >= 0.3 is 6.18 Å². The lowest BCUT2D eigenvalue weighted by Gasteiger charge is -2.11. The number of nitrogens with one attached hydrogen (secondary N) is 1. The van der Waals surface area contributed by atoms with Crippen molar-refractivity contribution in [2.24, 2.45) is 0 Å². The average Bonchev–Trinajstić information content (AvgIpc) is 2.32. The maximum atomic E-state index is 12.5. The number of ether oxygens (including phenoxy) is 1. The zero-order valence-corrected chi connectivity index (χ0v) is 9.79. The number of nitrogens with zero attached hydrogens (tertiary/aromatic N) is 2. The van der Waals surface area contributed by atoms with Crippen LogP contribution in [0.1, 0.15) is 19.2 Å². The molecule has 0 fully saturated rings. The van der Waals surface area contributed by atoms with E-state index in [0.29, 0.717) is 6.54 Å². The zero-order valence-electron chi connectivity index (χ0n) is 9.79. The number of hydrogen-bond donors (Lipinski definition) is 2. The van der Waals surface area contributed by atoms with Gasteiger partial charge in [-0.25, -0.2) is 4.98 Å². The number of anilines is 1. The molecule has 1 rings (SSSR count). The summed E-state index contributed by atoms with van der Waals surface area (Å²) in [5, 5.41) is 11.3. The summed E-state index contributed by atoms with van der Waals surface area (Å²) in [4.78, 5) is 6.60. The van der Waals surface area contributed by atoms with E-state index in [1.807, 2.05) is 6.92 Å². The molecular weight excluding hydrogens is 251 g/mol. The highest BCUT2D eigenvalue weighted by Gasteiger charge is 2.35. The Morgan fingerprint density at radius 3 is 2.67 bits per heavy atom. The molecule has 5 nitrogen and oxygen atoms in total. The molecule has 1 aromatic heterocycles.